The highest BCUT2D eigenvalue weighted by Gasteiger charge is 2.42. The standard InChI is InChI=1S/C13H25NO6/c1-8-11(17)12(18)9(7-15)20-13(8)19-6-4-3-5-10(16)14-2/h8-9,11-13,15,17-18H,3-7H2,1-2H3,(H,14,16). The Balaban J connectivity index is 2.30. The van der Waals surface area contributed by atoms with E-state index in [-0.39, 0.29) is 18.4 Å². The van der Waals surface area contributed by atoms with Crippen molar-refractivity contribution in [3.05, 3.63) is 0 Å². The molecular formula is C13H25NO6. The molecule has 7 nitrogen and oxygen atoms in total. The van der Waals surface area contributed by atoms with E-state index in [9.17, 15) is 15.0 Å². The molecule has 4 N–H and O–H groups in total. The first-order chi connectivity index (χ1) is 9.51. The molecule has 0 aromatic carbocycles. The first kappa shape index (κ1) is 17.3. The lowest BCUT2D eigenvalue weighted by atomic mass is 9.92. The van der Waals surface area contributed by atoms with Crippen LogP contribution in [0.3, 0.4) is 0 Å². The summed E-state index contributed by atoms with van der Waals surface area (Å²) in [6.07, 6.45) is -1.75. The molecule has 118 valence electrons. The van der Waals surface area contributed by atoms with Crippen molar-refractivity contribution in [1.82, 2.24) is 5.32 Å². The number of ether oxygens (including phenoxy) is 2. The summed E-state index contributed by atoms with van der Waals surface area (Å²) >= 11 is 0. The first-order valence-electron chi connectivity index (χ1n) is 6.96. The summed E-state index contributed by atoms with van der Waals surface area (Å²) in [5.74, 6) is -0.391. The molecule has 7 heteroatoms. The Kier molecular flexibility index (Phi) is 7.39. The smallest absolute Gasteiger partial charge is 0.219 e. The van der Waals surface area contributed by atoms with E-state index >= 15 is 0 Å². The van der Waals surface area contributed by atoms with Crippen LogP contribution in [-0.4, -0.2) is 66.1 Å². The van der Waals surface area contributed by atoms with Crippen LogP contribution in [-0.2, 0) is 14.3 Å². The number of amides is 1. The average Bonchev–Trinajstić information content (AvgIpc) is 2.46. The molecule has 1 aliphatic heterocycles. The monoisotopic (exact) mass is 291 g/mol. The molecule has 1 rings (SSSR count). The van der Waals surface area contributed by atoms with E-state index in [1.807, 2.05) is 0 Å². The third kappa shape index (κ3) is 4.68. The van der Waals surface area contributed by atoms with Gasteiger partial charge in [0, 0.05) is 26.0 Å². The predicted molar refractivity (Wildman–Crippen MR) is 70.8 cm³/mol. The number of aliphatic hydroxyl groups excluding tert-OH is 3. The summed E-state index contributed by atoms with van der Waals surface area (Å²) < 4.78 is 10.9. The Morgan fingerprint density at radius 1 is 1.30 bits per heavy atom. The van der Waals surface area contributed by atoms with Gasteiger partial charge in [0.25, 0.3) is 0 Å². The van der Waals surface area contributed by atoms with Crippen LogP contribution in [0.5, 0.6) is 0 Å². The van der Waals surface area contributed by atoms with Crippen molar-refractivity contribution in [1.29, 1.82) is 0 Å². The van der Waals surface area contributed by atoms with Gasteiger partial charge in [0.15, 0.2) is 6.29 Å². The minimum absolute atomic E-state index is 0.00817. The van der Waals surface area contributed by atoms with Crippen molar-refractivity contribution in [3.63, 3.8) is 0 Å². The van der Waals surface area contributed by atoms with Crippen LogP contribution in [0.15, 0.2) is 0 Å². The largest absolute Gasteiger partial charge is 0.394 e. The second-order valence-electron chi connectivity index (χ2n) is 5.07. The van der Waals surface area contributed by atoms with Gasteiger partial charge in [-0.05, 0) is 12.8 Å². The van der Waals surface area contributed by atoms with Crippen LogP contribution in [0.1, 0.15) is 26.2 Å². The van der Waals surface area contributed by atoms with Gasteiger partial charge in [-0.2, -0.15) is 0 Å². The lowest BCUT2D eigenvalue weighted by Gasteiger charge is -2.40. The number of rotatable bonds is 7. The van der Waals surface area contributed by atoms with E-state index in [1.165, 1.54) is 0 Å². The minimum Gasteiger partial charge on any atom is -0.394 e. The zero-order chi connectivity index (χ0) is 15.1. The van der Waals surface area contributed by atoms with Gasteiger partial charge in [0.05, 0.1) is 12.7 Å². The van der Waals surface area contributed by atoms with E-state index in [2.05, 4.69) is 5.32 Å². The fourth-order valence-corrected chi connectivity index (χ4v) is 2.12. The number of aliphatic hydroxyl groups is 3. The molecule has 1 fully saturated rings. The number of hydrogen-bond donors (Lipinski definition) is 4. The van der Waals surface area contributed by atoms with Gasteiger partial charge in [0.2, 0.25) is 5.91 Å². The number of nitrogens with one attached hydrogen (secondary N) is 1. The molecule has 1 heterocycles. The lowest BCUT2D eigenvalue weighted by molar-refractivity contribution is -0.282. The van der Waals surface area contributed by atoms with E-state index < -0.39 is 24.6 Å². The van der Waals surface area contributed by atoms with E-state index in [1.54, 1.807) is 14.0 Å². The minimum atomic E-state index is -1.11. The number of carbonyl (C=O) groups excluding carboxylic acids is 1. The van der Waals surface area contributed by atoms with Crippen LogP contribution >= 0.6 is 0 Å². The maximum atomic E-state index is 11.0. The van der Waals surface area contributed by atoms with E-state index in [0.29, 0.717) is 25.9 Å². The summed E-state index contributed by atoms with van der Waals surface area (Å²) in [5.41, 5.74) is 0. The van der Waals surface area contributed by atoms with Crippen molar-refractivity contribution in [2.45, 2.75) is 50.8 Å². The Labute approximate surface area is 118 Å². The van der Waals surface area contributed by atoms with Crippen molar-refractivity contribution >= 4 is 5.91 Å². The molecule has 0 spiro atoms. The number of unbranched alkanes of at least 4 members (excludes halogenated alkanes) is 1. The van der Waals surface area contributed by atoms with Gasteiger partial charge in [-0.3, -0.25) is 4.79 Å². The van der Waals surface area contributed by atoms with Crippen LogP contribution in [0, 0.1) is 5.92 Å². The Morgan fingerprint density at radius 2 is 2.00 bits per heavy atom. The molecule has 0 saturated carbocycles. The van der Waals surface area contributed by atoms with Gasteiger partial charge >= 0.3 is 0 Å². The highest BCUT2D eigenvalue weighted by molar-refractivity contribution is 5.75. The maximum absolute atomic E-state index is 11.0. The molecule has 1 amide bonds. The quantitative estimate of drug-likeness (QED) is 0.448. The topological polar surface area (TPSA) is 108 Å². The van der Waals surface area contributed by atoms with Gasteiger partial charge < -0.3 is 30.1 Å². The molecule has 0 radical (unpaired) electrons. The zero-order valence-corrected chi connectivity index (χ0v) is 12.0. The lowest BCUT2D eigenvalue weighted by Crippen LogP contribution is -2.55. The zero-order valence-electron chi connectivity index (χ0n) is 12.0. The molecule has 0 aliphatic carbocycles. The van der Waals surface area contributed by atoms with Crippen LogP contribution in [0.2, 0.25) is 0 Å². The summed E-state index contributed by atoms with van der Waals surface area (Å²) in [7, 11) is 1.60. The number of hydrogen-bond acceptors (Lipinski definition) is 6. The van der Waals surface area contributed by atoms with E-state index in [4.69, 9.17) is 14.6 Å². The second-order valence-corrected chi connectivity index (χ2v) is 5.07. The molecule has 5 unspecified atom stereocenters. The van der Waals surface area contributed by atoms with Crippen molar-refractivity contribution < 1.29 is 29.6 Å². The highest BCUT2D eigenvalue weighted by Crippen LogP contribution is 2.26. The molecule has 20 heavy (non-hydrogen) atoms. The summed E-state index contributed by atoms with van der Waals surface area (Å²) in [6, 6.07) is 0. The molecule has 1 saturated heterocycles. The SMILES string of the molecule is CNC(=O)CCCCOC1OC(CO)C(O)C(O)C1C. The van der Waals surface area contributed by atoms with Gasteiger partial charge in [-0.1, -0.05) is 6.92 Å². The Hall–Kier alpha value is -0.730. The summed E-state index contributed by atoms with van der Waals surface area (Å²) in [5, 5.41) is 31.2. The van der Waals surface area contributed by atoms with Gasteiger partial charge in [-0.25, -0.2) is 0 Å². The van der Waals surface area contributed by atoms with Gasteiger partial charge in [-0.15, -0.1) is 0 Å². The summed E-state index contributed by atoms with van der Waals surface area (Å²) in [6.45, 7) is 1.74. The van der Waals surface area contributed by atoms with Crippen molar-refractivity contribution in [2.75, 3.05) is 20.3 Å². The molecular weight excluding hydrogens is 266 g/mol. The Morgan fingerprint density at radius 3 is 2.60 bits per heavy atom. The first-order valence-corrected chi connectivity index (χ1v) is 6.96. The predicted octanol–water partition coefficient (Wildman–Crippen LogP) is -1.01. The fourth-order valence-electron chi connectivity index (χ4n) is 2.12. The molecule has 5 atom stereocenters. The maximum Gasteiger partial charge on any atom is 0.219 e. The molecule has 0 aromatic heterocycles. The number of carbonyl (C=O) groups is 1. The molecule has 1 aliphatic rings. The second kappa shape index (κ2) is 8.53. The van der Waals surface area contributed by atoms with Crippen LogP contribution < -0.4 is 5.32 Å². The molecule has 0 bridgehead atoms. The normalized spacial score (nSPS) is 34.0. The van der Waals surface area contributed by atoms with Crippen LogP contribution in [0.25, 0.3) is 0 Å². The summed E-state index contributed by atoms with van der Waals surface area (Å²) in [4.78, 5) is 11.0. The van der Waals surface area contributed by atoms with Crippen molar-refractivity contribution in [3.8, 4) is 0 Å². The van der Waals surface area contributed by atoms with Gasteiger partial charge in [0.1, 0.15) is 12.2 Å². The third-order valence-corrected chi connectivity index (χ3v) is 3.55. The van der Waals surface area contributed by atoms with Crippen molar-refractivity contribution in [2.24, 2.45) is 5.92 Å². The molecule has 0 aromatic rings. The highest BCUT2D eigenvalue weighted by atomic mass is 16.7. The van der Waals surface area contributed by atoms with Crippen LogP contribution in [0.4, 0.5) is 0 Å². The van der Waals surface area contributed by atoms with E-state index in [0.717, 1.165) is 0 Å². The third-order valence-electron chi connectivity index (χ3n) is 3.55. The average molecular weight is 291 g/mol. The fraction of sp³-hybridized carbons (Fsp3) is 0.923. The Bertz CT molecular complexity index is 299.